The van der Waals surface area contributed by atoms with Crippen LogP contribution < -0.4 is 0 Å². The van der Waals surface area contributed by atoms with Gasteiger partial charge in [-0.05, 0) is 26.0 Å². The SMILES string of the molecule is Cc1noc(-c2cccn3c(C)nnc23)n1. The maximum absolute atomic E-state index is 5.13. The van der Waals surface area contributed by atoms with Gasteiger partial charge >= 0.3 is 0 Å². The highest BCUT2D eigenvalue weighted by Crippen LogP contribution is 2.21. The molecule has 0 spiro atoms. The molecule has 0 unspecified atom stereocenters. The van der Waals surface area contributed by atoms with E-state index in [-0.39, 0.29) is 0 Å². The van der Waals surface area contributed by atoms with Gasteiger partial charge < -0.3 is 4.52 Å². The average molecular weight is 215 g/mol. The molecule has 6 heteroatoms. The van der Waals surface area contributed by atoms with Crippen LogP contribution in [0, 0.1) is 13.8 Å². The first kappa shape index (κ1) is 9.02. The molecule has 3 heterocycles. The van der Waals surface area contributed by atoms with Gasteiger partial charge in [-0.25, -0.2) is 0 Å². The van der Waals surface area contributed by atoms with Crippen LogP contribution >= 0.6 is 0 Å². The zero-order chi connectivity index (χ0) is 11.1. The Morgan fingerprint density at radius 1 is 1.25 bits per heavy atom. The molecule has 6 nitrogen and oxygen atoms in total. The van der Waals surface area contributed by atoms with Crippen molar-refractivity contribution in [1.29, 1.82) is 0 Å². The van der Waals surface area contributed by atoms with Crippen LogP contribution in [0.1, 0.15) is 11.6 Å². The second-order valence-electron chi connectivity index (χ2n) is 3.51. The summed E-state index contributed by atoms with van der Waals surface area (Å²) >= 11 is 0. The van der Waals surface area contributed by atoms with E-state index in [1.807, 2.05) is 29.7 Å². The summed E-state index contributed by atoms with van der Waals surface area (Å²) in [5, 5.41) is 11.9. The lowest BCUT2D eigenvalue weighted by Gasteiger charge is -1.97. The molecule has 0 aliphatic rings. The minimum Gasteiger partial charge on any atom is -0.334 e. The van der Waals surface area contributed by atoms with Crippen LogP contribution in [0.3, 0.4) is 0 Å². The number of pyridine rings is 1. The maximum atomic E-state index is 5.13. The van der Waals surface area contributed by atoms with E-state index in [1.165, 1.54) is 0 Å². The number of nitrogens with zero attached hydrogens (tertiary/aromatic N) is 5. The summed E-state index contributed by atoms with van der Waals surface area (Å²) in [7, 11) is 0. The summed E-state index contributed by atoms with van der Waals surface area (Å²) in [6.07, 6.45) is 1.90. The Kier molecular flexibility index (Phi) is 1.76. The van der Waals surface area contributed by atoms with Gasteiger partial charge in [-0.3, -0.25) is 4.40 Å². The molecule has 0 fully saturated rings. The third-order valence-electron chi connectivity index (χ3n) is 2.36. The van der Waals surface area contributed by atoms with Crippen molar-refractivity contribution in [2.75, 3.05) is 0 Å². The van der Waals surface area contributed by atoms with Crippen molar-refractivity contribution in [3.8, 4) is 11.5 Å². The number of hydrogen-bond donors (Lipinski definition) is 0. The summed E-state index contributed by atoms with van der Waals surface area (Å²) in [6, 6.07) is 3.79. The summed E-state index contributed by atoms with van der Waals surface area (Å²) in [5.41, 5.74) is 1.52. The molecule has 0 aliphatic carbocycles. The number of aryl methyl sites for hydroxylation is 2. The molecule has 80 valence electrons. The zero-order valence-corrected chi connectivity index (χ0v) is 8.88. The third kappa shape index (κ3) is 1.19. The maximum Gasteiger partial charge on any atom is 0.261 e. The van der Waals surface area contributed by atoms with Crippen molar-refractivity contribution >= 4 is 5.65 Å². The van der Waals surface area contributed by atoms with Crippen molar-refractivity contribution in [1.82, 2.24) is 24.7 Å². The summed E-state index contributed by atoms with van der Waals surface area (Å²) < 4.78 is 7.01. The van der Waals surface area contributed by atoms with Gasteiger partial charge in [0.05, 0.1) is 5.56 Å². The van der Waals surface area contributed by atoms with Gasteiger partial charge in [0.1, 0.15) is 5.82 Å². The quantitative estimate of drug-likeness (QED) is 0.613. The predicted molar refractivity (Wildman–Crippen MR) is 55.8 cm³/mol. The van der Waals surface area contributed by atoms with E-state index in [9.17, 15) is 0 Å². The molecule has 0 aromatic carbocycles. The van der Waals surface area contributed by atoms with Crippen LogP contribution in [0.5, 0.6) is 0 Å². The van der Waals surface area contributed by atoms with Gasteiger partial charge in [0.15, 0.2) is 11.5 Å². The van der Waals surface area contributed by atoms with Gasteiger partial charge in [-0.2, -0.15) is 4.98 Å². The molecule has 0 radical (unpaired) electrons. The van der Waals surface area contributed by atoms with Crippen LogP contribution in [0.4, 0.5) is 0 Å². The number of fused-ring (bicyclic) bond motifs is 1. The highest BCUT2D eigenvalue weighted by atomic mass is 16.5. The van der Waals surface area contributed by atoms with Crippen molar-refractivity contribution in [2.24, 2.45) is 0 Å². The Morgan fingerprint density at radius 3 is 2.88 bits per heavy atom. The minimum atomic E-state index is 0.468. The van der Waals surface area contributed by atoms with Crippen molar-refractivity contribution in [2.45, 2.75) is 13.8 Å². The zero-order valence-electron chi connectivity index (χ0n) is 8.88. The molecular weight excluding hydrogens is 206 g/mol. The van der Waals surface area contributed by atoms with E-state index >= 15 is 0 Å². The summed E-state index contributed by atoms with van der Waals surface area (Å²) in [6.45, 7) is 3.67. The number of aromatic nitrogens is 5. The standard InChI is InChI=1S/C10H9N5O/c1-6-11-10(16-14-6)8-4-3-5-15-7(2)12-13-9(8)15/h3-5H,1-2H3. The number of hydrogen-bond acceptors (Lipinski definition) is 5. The predicted octanol–water partition coefficient (Wildman–Crippen LogP) is 1.40. The molecule has 0 saturated heterocycles. The first-order valence-corrected chi connectivity index (χ1v) is 4.87. The fraction of sp³-hybridized carbons (Fsp3) is 0.200. The topological polar surface area (TPSA) is 69.1 Å². The van der Waals surface area contributed by atoms with Crippen molar-refractivity contribution in [3.63, 3.8) is 0 Å². The Morgan fingerprint density at radius 2 is 2.12 bits per heavy atom. The van der Waals surface area contributed by atoms with Crippen LogP contribution in [0.2, 0.25) is 0 Å². The van der Waals surface area contributed by atoms with Gasteiger partial charge in [0.2, 0.25) is 0 Å². The van der Waals surface area contributed by atoms with E-state index < -0.39 is 0 Å². The lowest BCUT2D eigenvalue weighted by molar-refractivity contribution is 0.426. The summed E-state index contributed by atoms with van der Waals surface area (Å²) in [4.78, 5) is 4.18. The van der Waals surface area contributed by atoms with Gasteiger partial charge in [0, 0.05) is 6.20 Å². The molecule has 3 rings (SSSR count). The molecular formula is C10H9N5O. The summed E-state index contributed by atoms with van der Waals surface area (Å²) in [5.74, 6) is 1.90. The van der Waals surface area contributed by atoms with Gasteiger partial charge in [-0.1, -0.05) is 5.16 Å². The minimum absolute atomic E-state index is 0.468. The van der Waals surface area contributed by atoms with Crippen molar-refractivity contribution < 1.29 is 4.52 Å². The van der Waals surface area contributed by atoms with Crippen LogP contribution in [-0.2, 0) is 0 Å². The molecule has 3 aromatic heterocycles. The van der Waals surface area contributed by atoms with Gasteiger partial charge in [-0.15, -0.1) is 10.2 Å². The van der Waals surface area contributed by atoms with E-state index in [1.54, 1.807) is 6.92 Å². The lowest BCUT2D eigenvalue weighted by atomic mass is 10.2. The molecule has 16 heavy (non-hydrogen) atoms. The normalized spacial score (nSPS) is 11.1. The van der Waals surface area contributed by atoms with Crippen LogP contribution in [0.25, 0.3) is 17.1 Å². The fourth-order valence-electron chi connectivity index (χ4n) is 1.60. The smallest absolute Gasteiger partial charge is 0.261 e. The lowest BCUT2D eigenvalue weighted by Crippen LogP contribution is -1.89. The van der Waals surface area contributed by atoms with E-state index in [2.05, 4.69) is 20.3 Å². The first-order chi connectivity index (χ1) is 7.75. The fourth-order valence-corrected chi connectivity index (χ4v) is 1.60. The Labute approximate surface area is 90.9 Å². The Bertz CT molecular complexity index is 654. The van der Waals surface area contributed by atoms with E-state index in [0.717, 1.165) is 17.0 Å². The highest BCUT2D eigenvalue weighted by molar-refractivity contribution is 5.71. The second kappa shape index (κ2) is 3.13. The largest absolute Gasteiger partial charge is 0.334 e. The molecule has 0 amide bonds. The molecule has 3 aromatic rings. The monoisotopic (exact) mass is 215 g/mol. The van der Waals surface area contributed by atoms with Gasteiger partial charge in [0.25, 0.3) is 5.89 Å². The average Bonchev–Trinajstić information content (AvgIpc) is 2.86. The third-order valence-corrected chi connectivity index (χ3v) is 2.36. The molecule has 0 aliphatic heterocycles. The first-order valence-electron chi connectivity index (χ1n) is 4.87. The Balaban J connectivity index is 2.31. The Hall–Kier alpha value is -2.24. The highest BCUT2D eigenvalue weighted by Gasteiger charge is 2.13. The molecule has 0 saturated carbocycles. The molecule has 0 bridgehead atoms. The van der Waals surface area contributed by atoms with E-state index in [0.29, 0.717) is 11.7 Å². The number of rotatable bonds is 1. The van der Waals surface area contributed by atoms with E-state index in [4.69, 9.17) is 4.52 Å². The van der Waals surface area contributed by atoms with Crippen LogP contribution in [0.15, 0.2) is 22.9 Å². The molecule has 0 N–H and O–H groups in total. The van der Waals surface area contributed by atoms with Crippen LogP contribution in [-0.4, -0.2) is 24.7 Å². The van der Waals surface area contributed by atoms with Crippen molar-refractivity contribution in [3.05, 3.63) is 30.0 Å². The molecule has 0 atom stereocenters. The second-order valence-corrected chi connectivity index (χ2v) is 3.51.